The van der Waals surface area contributed by atoms with Gasteiger partial charge in [0.25, 0.3) is 0 Å². The highest BCUT2D eigenvalue weighted by atomic mass is 16.5. The molecule has 4 nitrogen and oxygen atoms in total. The summed E-state index contributed by atoms with van der Waals surface area (Å²) in [7, 11) is 3.22. The Kier molecular flexibility index (Phi) is 7.80. The average Bonchev–Trinajstić information content (AvgIpc) is 2.72. The molecular formula is C24H30O4. The highest BCUT2D eigenvalue weighted by Crippen LogP contribution is 2.29. The van der Waals surface area contributed by atoms with E-state index < -0.39 is 5.41 Å². The van der Waals surface area contributed by atoms with Crippen LogP contribution in [0.3, 0.4) is 0 Å². The molecule has 0 amide bonds. The van der Waals surface area contributed by atoms with E-state index in [1.54, 1.807) is 38.5 Å². The normalized spacial score (nSPS) is 11.1. The number of carbonyl (C=O) groups is 2. The van der Waals surface area contributed by atoms with Gasteiger partial charge in [0.15, 0.2) is 11.6 Å². The minimum atomic E-state index is -0.422. The van der Waals surface area contributed by atoms with Crippen LogP contribution in [0.15, 0.2) is 48.5 Å². The van der Waals surface area contributed by atoms with Crippen molar-refractivity contribution in [2.24, 2.45) is 5.41 Å². The van der Waals surface area contributed by atoms with Gasteiger partial charge in [0, 0.05) is 23.0 Å². The van der Waals surface area contributed by atoms with E-state index in [1.165, 1.54) is 0 Å². The second-order valence-electron chi connectivity index (χ2n) is 7.65. The summed E-state index contributed by atoms with van der Waals surface area (Å²) in [5.41, 5.74) is 1.01. The lowest BCUT2D eigenvalue weighted by Crippen LogP contribution is -2.24. The molecule has 0 heterocycles. The van der Waals surface area contributed by atoms with Crippen molar-refractivity contribution in [2.45, 2.75) is 46.0 Å². The molecule has 150 valence electrons. The van der Waals surface area contributed by atoms with Gasteiger partial charge >= 0.3 is 0 Å². The van der Waals surface area contributed by atoms with E-state index in [4.69, 9.17) is 9.47 Å². The van der Waals surface area contributed by atoms with E-state index in [-0.39, 0.29) is 11.6 Å². The number of methoxy groups -OCH3 is 2. The molecule has 0 radical (unpaired) electrons. The molecule has 0 aromatic heterocycles. The lowest BCUT2D eigenvalue weighted by atomic mass is 9.79. The number of benzene rings is 2. The fourth-order valence-electron chi connectivity index (χ4n) is 3.20. The van der Waals surface area contributed by atoms with E-state index in [0.29, 0.717) is 12.0 Å². The van der Waals surface area contributed by atoms with Gasteiger partial charge in [-0.2, -0.15) is 0 Å². The van der Waals surface area contributed by atoms with Crippen molar-refractivity contribution in [3.05, 3.63) is 59.7 Å². The summed E-state index contributed by atoms with van der Waals surface area (Å²) >= 11 is 0. The summed E-state index contributed by atoms with van der Waals surface area (Å²) in [4.78, 5) is 25.0. The number of hydrogen-bond donors (Lipinski definition) is 0. The second-order valence-corrected chi connectivity index (χ2v) is 7.65. The van der Waals surface area contributed by atoms with Gasteiger partial charge in [-0.25, -0.2) is 0 Å². The number of hydrogen-bond acceptors (Lipinski definition) is 4. The molecule has 0 N–H and O–H groups in total. The van der Waals surface area contributed by atoms with E-state index in [1.807, 2.05) is 38.1 Å². The molecule has 0 bridgehead atoms. The highest BCUT2D eigenvalue weighted by molar-refractivity contribution is 6.00. The molecule has 2 rings (SSSR count). The van der Waals surface area contributed by atoms with Crippen LogP contribution in [-0.2, 0) is 0 Å². The molecule has 0 aliphatic rings. The Bertz CT molecular complexity index is 773. The van der Waals surface area contributed by atoms with Crippen molar-refractivity contribution in [1.82, 2.24) is 0 Å². The molecule has 28 heavy (non-hydrogen) atoms. The first-order valence-corrected chi connectivity index (χ1v) is 9.73. The fourth-order valence-corrected chi connectivity index (χ4v) is 3.20. The van der Waals surface area contributed by atoms with Crippen molar-refractivity contribution >= 4 is 11.6 Å². The Labute approximate surface area is 167 Å². The van der Waals surface area contributed by atoms with Crippen LogP contribution in [0.25, 0.3) is 0 Å². The van der Waals surface area contributed by atoms with Gasteiger partial charge in [0.2, 0.25) is 0 Å². The van der Waals surface area contributed by atoms with E-state index >= 15 is 0 Å². The van der Waals surface area contributed by atoms with Crippen molar-refractivity contribution in [2.75, 3.05) is 14.2 Å². The molecule has 0 atom stereocenters. The molecule has 0 spiro atoms. The predicted octanol–water partition coefficient (Wildman–Crippen LogP) is 5.75. The predicted molar refractivity (Wildman–Crippen MR) is 112 cm³/mol. The van der Waals surface area contributed by atoms with Crippen molar-refractivity contribution in [1.29, 1.82) is 0 Å². The Hall–Kier alpha value is -2.62. The SMILES string of the molecule is COc1ccc(C(=O)CCCCCC(C)(C)C(=O)c2ccc(OC)cc2)cc1. The third-order valence-corrected chi connectivity index (χ3v) is 5.08. The molecule has 2 aromatic rings. The number of rotatable bonds is 11. The van der Waals surface area contributed by atoms with E-state index in [2.05, 4.69) is 0 Å². The summed E-state index contributed by atoms with van der Waals surface area (Å²) in [6, 6.07) is 14.5. The quantitative estimate of drug-likeness (QED) is 0.367. The topological polar surface area (TPSA) is 52.6 Å². The highest BCUT2D eigenvalue weighted by Gasteiger charge is 2.28. The standard InChI is InChI=1S/C24H30O4/c1-24(2,23(26)19-11-15-21(28-4)16-12-19)17-7-5-6-8-22(25)18-9-13-20(27-3)14-10-18/h9-16H,5-8,17H2,1-4H3. The van der Waals surface area contributed by atoms with Crippen LogP contribution in [0.5, 0.6) is 11.5 Å². The van der Waals surface area contributed by atoms with Crippen LogP contribution in [0, 0.1) is 5.41 Å². The zero-order valence-electron chi connectivity index (χ0n) is 17.3. The van der Waals surface area contributed by atoms with Crippen molar-refractivity contribution in [3.8, 4) is 11.5 Å². The lowest BCUT2D eigenvalue weighted by Gasteiger charge is -2.23. The van der Waals surface area contributed by atoms with Crippen LogP contribution in [0.1, 0.15) is 66.7 Å². The first kappa shape index (κ1) is 21.7. The second kappa shape index (κ2) is 10.1. The van der Waals surface area contributed by atoms with Crippen LogP contribution in [0.2, 0.25) is 0 Å². The monoisotopic (exact) mass is 382 g/mol. The van der Waals surface area contributed by atoms with Crippen molar-refractivity contribution in [3.63, 3.8) is 0 Å². The van der Waals surface area contributed by atoms with Crippen LogP contribution in [-0.4, -0.2) is 25.8 Å². The first-order chi connectivity index (χ1) is 13.4. The molecule has 0 aliphatic heterocycles. The minimum Gasteiger partial charge on any atom is -0.497 e. The zero-order chi connectivity index (χ0) is 20.6. The Balaban J connectivity index is 1.76. The maximum Gasteiger partial charge on any atom is 0.168 e. The van der Waals surface area contributed by atoms with Crippen LogP contribution < -0.4 is 9.47 Å². The Morgan fingerprint density at radius 2 is 1.25 bits per heavy atom. The molecule has 2 aromatic carbocycles. The lowest BCUT2D eigenvalue weighted by molar-refractivity contribution is 0.0821. The molecule has 0 saturated carbocycles. The maximum atomic E-state index is 12.8. The van der Waals surface area contributed by atoms with E-state index in [0.717, 1.165) is 42.7 Å². The van der Waals surface area contributed by atoms with Gasteiger partial charge in [-0.05, 0) is 61.4 Å². The first-order valence-electron chi connectivity index (χ1n) is 9.73. The summed E-state index contributed by atoms with van der Waals surface area (Å²) in [5, 5.41) is 0. The molecule has 0 unspecified atom stereocenters. The summed E-state index contributed by atoms with van der Waals surface area (Å²) in [5.74, 6) is 1.79. The number of Topliss-reactive ketones (excluding diaryl/α,β-unsaturated/α-hetero) is 2. The van der Waals surface area contributed by atoms with Gasteiger partial charge in [-0.3, -0.25) is 9.59 Å². The van der Waals surface area contributed by atoms with Gasteiger partial charge in [0.05, 0.1) is 14.2 Å². The summed E-state index contributed by atoms with van der Waals surface area (Å²) in [6.45, 7) is 3.98. The van der Waals surface area contributed by atoms with Gasteiger partial charge in [-0.15, -0.1) is 0 Å². The van der Waals surface area contributed by atoms with Crippen LogP contribution in [0.4, 0.5) is 0 Å². The number of ketones is 2. The molecule has 0 aliphatic carbocycles. The fraction of sp³-hybridized carbons (Fsp3) is 0.417. The third-order valence-electron chi connectivity index (χ3n) is 5.08. The molecule has 4 heteroatoms. The maximum absolute atomic E-state index is 12.8. The third kappa shape index (κ3) is 5.95. The van der Waals surface area contributed by atoms with Crippen molar-refractivity contribution < 1.29 is 19.1 Å². The molecular weight excluding hydrogens is 352 g/mol. The largest absolute Gasteiger partial charge is 0.497 e. The molecule has 0 saturated heterocycles. The van der Waals surface area contributed by atoms with Gasteiger partial charge in [-0.1, -0.05) is 26.7 Å². The van der Waals surface area contributed by atoms with Crippen LogP contribution >= 0.6 is 0 Å². The van der Waals surface area contributed by atoms with Gasteiger partial charge in [0.1, 0.15) is 11.5 Å². The van der Waals surface area contributed by atoms with E-state index in [9.17, 15) is 9.59 Å². The number of ether oxygens (including phenoxy) is 2. The average molecular weight is 383 g/mol. The number of carbonyl (C=O) groups excluding carboxylic acids is 2. The minimum absolute atomic E-state index is 0.143. The van der Waals surface area contributed by atoms with Gasteiger partial charge < -0.3 is 9.47 Å². The number of unbranched alkanes of at least 4 members (excludes halogenated alkanes) is 2. The zero-order valence-corrected chi connectivity index (χ0v) is 17.3. The Morgan fingerprint density at radius 1 is 0.750 bits per heavy atom. The Morgan fingerprint density at radius 3 is 1.75 bits per heavy atom. The smallest absolute Gasteiger partial charge is 0.168 e. The molecule has 0 fully saturated rings. The summed E-state index contributed by atoms with van der Waals surface area (Å²) < 4.78 is 10.3. The summed E-state index contributed by atoms with van der Waals surface area (Å²) in [6.07, 6.45) is 4.01.